The first-order chi connectivity index (χ1) is 11.5. The van der Waals surface area contributed by atoms with Crippen LogP contribution in [-0.4, -0.2) is 29.5 Å². The Hall–Kier alpha value is -2.64. The van der Waals surface area contributed by atoms with Crippen molar-refractivity contribution in [3.05, 3.63) is 34.4 Å². The summed E-state index contributed by atoms with van der Waals surface area (Å²) in [7, 11) is 0. The monoisotopic (exact) mass is 335 g/mol. The first kappa shape index (κ1) is 17.7. The number of ether oxygens (including phenoxy) is 1. The van der Waals surface area contributed by atoms with Crippen LogP contribution in [0.3, 0.4) is 0 Å². The molecule has 3 amide bonds. The first-order valence-electron chi connectivity index (χ1n) is 7.94. The number of nitro benzene ring substituents is 1. The fourth-order valence-corrected chi connectivity index (χ4v) is 2.77. The first-order valence-corrected chi connectivity index (χ1v) is 7.94. The normalized spacial score (nSPS) is 20.0. The molecule has 1 aromatic rings. The number of rotatable bonds is 5. The Balaban J connectivity index is 1.81. The summed E-state index contributed by atoms with van der Waals surface area (Å²) in [5, 5.41) is 15.8. The Labute approximate surface area is 139 Å². The van der Waals surface area contributed by atoms with Gasteiger partial charge in [0.15, 0.2) is 12.4 Å². The van der Waals surface area contributed by atoms with Gasteiger partial charge < -0.3 is 10.1 Å². The number of carbonyl (C=O) groups excluding carboxylic acids is 2. The average Bonchev–Trinajstić information content (AvgIpc) is 2.55. The van der Waals surface area contributed by atoms with E-state index in [0.29, 0.717) is 5.92 Å². The predicted molar refractivity (Wildman–Crippen MR) is 86.7 cm³/mol. The Morgan fingerprint density at radius 2 is 2.00 bits per heavy atom. The van der Waals surface area contributed by atoms with Crippen LogP contribution in [0.1, 0.15) is 32.6 Å². The molecule has 2 N–H and O–H groups in total. The minimum Gasteiger partial charge on any atom is -0.477 e. The van der Waals surface area contributed by atoms with Gasteiger partial charge in [-0.3, -0.25) is 20.2 Å². The highest BCUT2D eigenvalue weighted by Crippen LogP contribution is 2.25. The number of urea groups is 1. The molecule has 0 aliphatic heterocycles. The molecule has 0 aromatic heterocycles. The number of para-hydroxylation sites is 2. The summed E-state index contributed by atoms with van der Waals surface area (Å²) < 4.78 is 5.14. The van der Waals surface area contributed by atoms with Crippen molar-refractivity contribution in [3.8, 4) is 5.75 Å². The van der Waals surface area contributed by atoms with Crippen LogP contribution >= 0.6 is 0 Å². The van der Waals surface area contributed by atoms with E-state index in [1.807, 2.05) is 0 Å². The molecule has 130 valence electrons. The number of nitro groups is 1. The van der Waals surface area contributed by atoms with Crippen molar-refractivity contribution in [1.29, 1.82) is 0 Å². The number of carbonyl (C=O) groups is 2. The van der Waals surface area contributed by atoms with Crippen molar-refractivity contribution in [1.82, 2.24) is 10.6 Å². The van der Waals surface area contributed by atoms with Gasteiger partial charge in [-0.1, -0.05) is 31.9 Å². The molecule has 0 unspecified atom stereocenters. The van der Waals surface area contributed by atoms with Gasteiger partial charge in [-0.05, 0) is 24.8 Å². The van der Waals surface area contributed by atoms with Crippen LogP contribution < -0.4 is 15.4 Å². The van der Waals surface area contributed by atoms with Crippen molar-refractivity contribution < 1.29 is 19.2 Å². The molecule has 1 fully saturated rings. The predicted octanol–water partition coefficient (Wildman–Crippen LogP) is 2.38. The van der Waals surface area contributed by atoms with E-state index in [4.69, 9.17) is 4.74 Å². The van der Waals surface area contributed by atoms with E-state index in [-0.39, 0.29) is 17.5 Å². The van der Waals surface area contributed by atoms with E-state index in [0.717, 1.165) is 25.7 Å². The lowest BCUT2D eigenvalue weighted by atomic mass is 9.86. The molecule has 0 radical (unpaired) electrons. The maximum Gasteiger partial charge on any atom is 0.321 e. The summed E-state index contributed by atoms with van der Waals surface area (Å²) in [4.78, 5) is 33.9. The lowest BCUT2D eigenvalue weighted by Gasteiger charge is -2.29. The quantitative estimate of drug-likeness (QED) is 0.634. The standard InChI is InChI=1S/C16H21N3O5/c1-11-6-2-3-7-12(11)17-16(21)18-15(20)10-24-14-9-5-4-8-13(14)19(22)23/h4-5,8-9,11-12H,2-3,6-7,10H2,1H3,(H2,17,18,20,21)/t11-,12-/m0/s1. The van der Waals surface area contributed by atoms with E-state index in [2.05, 4.69) is 17.6 Å². The molecule has 0 saturated heterocycles. The lowest BCUT2D eigenvalue weighted by molar-refractivity contribution is -0.385. The smallest absolute Gasteiger partial charge is 0.321 e. The van der Waals surface area contributed by atoms with Gasteiger partial charge in [0.05, 0.1) is 4.92 Å². The van der Waals surface area contributed by atoms with E-state index in [1.54, 1.807) is 6.07 Å². The van der Waals surface area contributed by atoms with Gasteiger partial charge in [-0.25, -0.2) is 4.79 Å². The SMILES string of the molecule is C[C@H]1CCCC[C@@H]1NC(=O)NC(=O)COc1ccccc1[N+](=O)[O-]. The fourth-order valence-electron chi connectivity index (χ4n) is 2.77. The van der Waals surface area contributed by atoms with Gasteiger partial charge >= 0.3 is 11.7 Å². The van der Waals surface area contributed by atoms with E-state index < -0.39 is 23.5 Å². The van der Waals surface area contributed by atoms with E-state index in [9.17, 15) is 19.7 Å². The van der Waals surface area contributed by atoms with Gasteiger partial charge in [0.1, 0.15) is 0 Å². The van der Waals surface area contributed by atoms with E-state index in [1.165, 1.54) is 18.2 Å². The summed E-state index contributed by atoms with van der Waals surface area (Å²) in [5.41, 5.74) is -0.231. The zero-order valence-electron chi connectivity index (χ0n) is 13.5. The molecule has 0 bridgehead atoms. The molecule has 1 aliphatic carbocycles. The van der Waals surface area contributed by atoms with Gasteiger partial charge in [0.25, 0.3) is 5.91 Å². The van der Waals surface area contributed by atoms with E-state index >= 15 is 0 Å². The van der Waals surface area contributed by atoms with Crippen molar-refractivity contribution >= 4 is 17.6 Å². The molecule has 1 aliphatic rings. The molecular formula is C16H21N3O5. The van der Waals surface area contributed by atoms with Crippen molar-refractivity contribution in [2.45, 2.75) is 38.6 Å². The van der Waals surface area contributed by atoms with Crippen LogP contribution in [0.15, 0.2) is 24.3 Å². The van der Waals surface area contributed by atoms with Gasteiger partial charge in [0, 0.05) is 12.1 Å². The summed E-state index contributed by atoms with van der Waals surface area (Å²) >= 11 is 0. The highest BCUT2D eigenvalue weighted by Gasteiger charge is 2.23. The second-order valence-corrected chi connectivity index (χ2v) is 5.90. The number of hydrogen-bond acceptors (Lipinski definition) is 5. The Kier molecular flexibility index (Phi) is 6.11. The van der Waals surface area contributed by atoms with Crippen molar-refractivity contribution in [3.63, 3.8) is 0 Å². The molecule has 1 saturated carbocycles. The summed E-state index contributed by atoms with van der Waals surface area (Å²) in [6.07, 6.45) is 4.17. The van der Waals surface area contributed by atoms with Gasteiger partial charge in [-0.15, -0.1) is 0 Å². The topological polar surface area (TPSA) is 111 Å². The number of imide groups is 1. The molecule has 8 heteroatoms. The fraction of sp³-hybridized carbons (Fsp3) is 0.500. The Morgan fingerprint density at radius 3 is 2.71 bits per heavy atom. The summed E-state index contributed by atoms with van der Waals surface area (Å²) in [5.74, 6) is -0.295. The Bertz CT molecular complexity index is 619. The van der Waals surface area contributed by atoms with Gasteiger partial charge in [-0.2, -0.15) is 0 Å². The van der Waals surface area contributed by atoms with Crippen LogP contribution in [-0.2, 0) is 4.79 Å². The third-order valence-electron chi connectivity index (χ3n) is 4.10. The van der Waals surface area contributed by atoms with Crippen molar-refractivity contribution in [2.24, 2.45) is 5.92 Å². The number of amides is 3. The molecule has 1 aromatic carbocycles. The second-order valence-electron chi connectivity index (χ2n) is 5.90. The van der Waals surface area contributed by atoms with Crippen LogP contribution in [0.2, 0.25) is 0 Å². The number of hydrogen-bond donors (Lipinski definition) is 2. The van der Waals surface area contributed by atoms with Crippen LogP contribution in [0, 0.1) is 16.0 Å². The maximum absolute atomic E-state index is 11.8. The minimum atomic E-state index is -0.658. The molecule has 8 nitrogen and oxygen atoms in total. The molecule has 2 atom stereocenters. The van der Waals surface area contributed by atoms with Crippen LogP contribution in [0.5, 0.6) is 5.75 Å². The zero-order valence-corrected chi connectivity index (χ0v) is 13.5. The highest BCUT2D eigenvalue weighted by atomic mass is 16.6. The lowest BCUT2D eigenvalue weighted by Crippen LogP contribution is -2.48. The Morgan fingerprint density at radius 1 is 1.29 bits per heavy atom. The molecule has 2 rings (SSSR count). The molecule has 24 heavy (non-hydrogen) atoms. The largest absolute Gasteiger partial charge is 0.477 e. The highest BCUT2D eigenvalue weighted by molar-refractivity contribution is 5.95. The molecule has 0 heterocycles. The zero-order chi connectivity index (χ0) is 17.5. The number of nitrogens with one attached hydrogen (secondary N) is 2. The summed E-state index contributed by atoms with van der Waals surface area (Å²) in [6, 6.07) is 5.24. The third-order valence-corrected chi connectivity index (χ3v) is 4.10. The van der Waals surface area contributed by atoms with Crippen molar-refractivity contribution in [2.75, 3.05) is 6.61 Å². The number of benzene rings is 1. The molecule has 0 spiro atoms. The summed E-state index contributed by atoms with van der Waals surface area (Å²) in [6.45, 7) is 1.60. The molecular weight excluding hydrogens is 314 g/mol. The second kappa shape index (κ2) is 8.28. The minimum absolute atomic E-state index is 0.0149. The van der Waals surface area contributed by atoms with Crippen LogP contribution in [0.4, 0.5) is 10.5 Å². The van der Waals surface area contributed by atoms with Crippen LogP contribution in [0.25, 0.3) is 0 Å². The third kappa shape index (κ3) is 4.94. The maximum atomic E-state index is 11.8. The van der Waals surface area contributed by atoms with Gasteiger partial charge in [0.2, 0.25) is 0 Å². The number of nitrogens with zero attached hydrogens (tertiary/aromatic N) is 1. The average molecular weight is 335 g/mol.